The number of allylic oxidation sites excluding steroid dienone is 1. The summed E-state index contributed by atoms with van der Waals surface area (Å²) in [5, 5.41) is 0. The van der Waals surface area contributed by atoms with Crippen LogP contribution < -0.4 is 0 Å². The van der Waals surface area contributed by atoms with Crippen molar-refractivity contribution in [2.24, 2.45) is 11.8 Å². The smallest absolute Gasteiger partial charge is 0.210 e. The van der Waals surface area contributed by atoms with Gasteiger partial charge < -0.3 is 0 Å². The maximum absolute atomic E-state index is 12.2. The Kier molecular flexibility index (Phi) is 3.24. The van der Waals surface area contributed by atoms with Gasteiger partial charge in [-0.3, -0.25) is 0 Å². The zero-order valence-corrected chi connectivity index (χ0v) is 7.52. The molecule has 0 amide bonds. The number of hydrogen-bond acceptors (Lipinski definition) is 0. The first-order valence-corrected chi connectivity index (χ1v) is 4.54. The highest BCUT2D eigenvalue weighted by Gasteiger charge is 2.27. The van der Waals surface area contributed by atoms with Gasteiger partial charge in [0.25, 0.3) is 0 Å². The van der Waals surface area contributed by atoms with Gasteiger partial charge >= 0.3 is 0 Å². The van der Waals surface area contributed by atoms with Crippen molar-refractivity contribution in [1.29, 1.82) is 0 Å². The molecule has 0 spiro atoms. The summed E-state index contributed by atoms with van der Waals surface area (Å²) < 4.78 is 24.5. The van der Waals surface area contributed by atoms with Gasteiger partial charge in [-0.2, -0.15) is 0 Å². The summed E-state index contributed by atoms with van der Waals surface area (Å²) >= 11 is 0. The quantitative estimate of drug-likeness (QED) is 0.561. The third kappa shape index (κ3) is 2.29. The summed E-state index contributed by atoms with van der Waals surface area (Å²) in [5.41, 5.74) is 1.16. The van der Waals surface area contributed by atoms with Gasteiger partial charge in [-0.15, -0.1) is 0 Å². The minimum absolute atomic E-state index is 0.347. The minimum atomic E-state index is -2.11. The van der Waals surface area contributed by atoms with Crippen LogP contribution in [0.3, 0.4) is 0 Å². The van der Waals surface area contributed by atoms with E-state index < -0.39 is 6.43 Å². The molecule has 0 aromatic rings. The molecule has 12 heavy (non-hydrogen) atoms. The van der Waals surface area contributed by atoms with E-state index in [1.54, 1.807) is 0 Å². The van der Waals surface area contributed by atoms with Crippen molar-refractivity contribution in [3.05, 3.63) is 12.2 Å². The normalized spacial score (nSPS) is 30.7. The topological polar surface area (TPSA) is 0 Å². The van der Waals surface area contributed by atoms with Crippen LogP contribution in [0.15, 0.2) is 12.2 Å². The Labute approximate surface area is 72.7 Å². The molecule has 1 saturated carbocycles. The second-order valence-corrected chi connectivity index (χ2v) is 3.79. The fraction of sp³-hybridized carbons (Fsp3) is 0.800. The SMILES string of the molecule is C=C(C)C1CCC(C(F)F)CC1. The second kappa shape index (κ2) is 4.01. The van der Waals surface area contributed by atoms with E-state index >= 15 is 0 Å². The molecule has 0 radical (unpaired) electrons. The molecule has 70 valence electrons. The zero-order chi connectivity index (χ0) is 9.14. The van der Waals surface area contributed by atoms with Crippen LogP contribution in [-0.2, 0) is 0 Å². The Bertz CT molecular complexity index is 155. The molecular weight excluding hydrogens is 158 g/mol. The molecule has 0 unspecified atom stereocenters. The molecule has 0 bridgehead atoms. The van der Waals surface area contributed by atoms with Crippen LogP contribution in [0.4, 0.5) is 8.78 Å². The van der Waals surface area contributed by atoms with Crippen LogP contribution in [0.25, 0.3) is 0 Å². The van der Waals surface area contributed by atoms with Gasteiger partial charge in [-0.1, -0.05) is 12.2 Å². The Morgan fingerprint density at radius 2 is 1.75 bits per heavy atom. The minimum Gasteiger partial charge on any atom is -0.210 e. The third-order valence-electron chi connectivity index (χ3n) is 2.83. The Hall–Kier alpha value is -0.400. The molecule has 0 saturated heterocycles. The molecule has 1 rings (SSSR count). The van der Waals surface area contributed by atoms with E-state index in [0.29, 0.717) is 18.8 Å². The molecule has 1 aliphatic rings. The highest BCUT2D eigenvalue weighted by atomic mass is 19.3. The fourth-order valence-electron chi connectivity index (χ4n) is 1.86. The summed E-state index contributed by atoms with van der Waals surface area (Å²) in [7, 11) is 0. The van der Waals surface area contributed by atoms with Crippen molar-refractivity contribution in [3.8, 4) is 0 Å². The lowest BCUT2D eigenvalue weighted by atomic mass is 9.79. The van der Waals surface area contributed by atoms with Crippen molar-refractivity contribution in [2.75, 3.05) is 0 Å². The summed E-state index contributed by atoms with van der Waals surface area (Å²) in [6.07, 6.45) is 1.05. The molecule has 0 aromatic heterocycles. The number of halogens is 2. The van der Waals surface area contributed by atoms with Crippen LogP contribution in [0.2, 0.25) is 0 Å². The van der Waals surface area contributed by atoms with Crippen molar-refractivity contribution in [3.63, 3.8) is 0 Å². The van der Waals surface area contributed by atoms with Gasteiger partial charge in [0.05, 0.1) is 0 Å². The van der Waals surface area contributed by atoms with Crippen LogP contribution in [-0.4, -0.2) is 6.43 Å². The summed E-state index contributed by atoms with van der Waals surface area (Å²) in [5.74, 6) is 0.153. The fourth-order valence-corrected chi connectivity index (χ4v) is 1.86. The molecule has 0 heterocycles. The lowest BCUT2D eigenvalue weighted by Crippen LogP contribution is -2.20. The van der Waals surface area contributed by atoms with Crippen LogP contribution in [0.1, 0.15) is 32.6 Å². The number of rotatable bonds is 2. The number of alkyl halides is 2. The monoisotopic (exact) mass is 174 g/mol. The molecule has 2 heteroatoms. The van der Waals surface area contributed by atoms with Crippen molar-refractivity contribution >= 4 is 0 Å². The molecule has 0 N–H and O–H groups in total. The largest absolute Gasteiger partial charge is 0.241 e. The average Bonchev–Trinajstić information content (AvgIpc) is 2.04. The first-order chi connectivity index (χ1) is 5.61. The Morgan fingerprint density at radius 3 is 2.08 bits per heavy atom. The molecule has 0 atom stereocenters. The maximum Gasteiger partial charge on any atom is 0.241 e. The van der Waals surface area contributed by atoms with E-state index in [1.807, 2.05) is 6.92 Å². The third-order valence-corrected chi connectivity index (χ3v) is 2.83. The predicted octanol–water partition coefficient (Wildman–Crippen LogP) is 3.63. The van der Waals surface area contributed by atoms with E-state index in [1.165, 1.54) is 0 Å². The second-order valence-electron chi connectivity index (χ2n) is 3.79. The van der Waals surface area contributed by atoms with Crippen molar-refractivity contribution in [2.45, 2.75) is 39.0 Å². The molecule has 1 fully saturated rings. The standard InChI is InChI=1S/C10H16F2/c1-7(2)8-3-5-9(6-4-8)10(11)12/h8-10H,1,3-6H2,2H3. The van der Waals surface area contributed by atoms with E-state index in [0.717, 1.165) is 18.4 Å². The van der Waals surface area contributed by atoms with Crippen LogP contribution in [0, 0.1) is 11.8 Å². The lowest BCUT2D eigenvalue weighted by molar-refractivity contribution is 0.0498. The van der Waals surface area contributed by atoms with Gasteiger partial charge in [0, 0.05) is 5.92 Å². The van der Waals surface area contributed by atoms with E-state index in [2.05, 4.69) is 6.58 Å². The first kappa shape index (κ1) is 9.69. The van der Waals surface area contributed by atoms with Gasteiger partial charge in [-0.05, 0) is 38.5 Å². The van der Waals surface area contributed by atoms with Gasteiger partial charge in [0.2, 0.25) is 6.43 Å². The molecular formula is C10H16F2. The molecule has 0 nitrogen and oxygen atoms in total. The molecule has 0 aliphatic heterocycles. The summed E-state index contributed by atoms with van der Waals surface area (Å²) in [6, 6.07) is 0. The molecule has 1 aliphatic carbocycles. The Balaban J connectivity index is 2.34. The van der Waals surface area contributed by atoms with Crippen molar-refractivity contribution in [1.82, 2.24) is 0 Å². The highest BCUT2D eigenvalue weighted by molar-refractivity contribution is 4.98. The summed E-state index contributed by atoms with van der Waals surface area (Å²) in [6.45, 7) is 5.85. The lowest BCUT2D eigenvalue weighted by Gasteiger charge is -2.28. The number of hydrogen-bond donors (Lipinski definition) is 0. The van der Waals surface area contributed by atoms with Gasteiger partial charge in [0.1, 0.15) is 0 Å². The predicted molar refractivity (Wildman–Crippen MR) is 46.3 cm³/mol. The first-order valence-electron chi connectivity index (χ1n) is 4.54. The molecule has 0 aromatic carbocycles. The van der Waals surface area contributed by atoms with E-state index in [-0.39, 0.29) is 5.92 Å². The van der Waals surface area contributed by atoms with Crippen LogP contribution >= 0.6 is 0 Å². The van der Waals surface area contributed by atoms with E-state index in [9.17, 15) is 8.78 Å². The zero-order valence-electron chi connectivity index (χ0n) is 7.52. The summed E-state index contributed by atoms with van der Waals surface area (Å²) in [4.78, 5) is 0. The van der Waals surface area contributed by atoms with E-state index in [4.69, 9.17) is 0 Å². The highest BCUT2D eigenvalue weighted by Crippen LogP contribution is 2.35. The van der Waals surface area contributed by atoms with Gasteiger partial charge in [0.15, 0.2) is 0 Å². The average molecular weight is 174 g/mol. The Morgan fingerprint density at radius 1 is 1.25 bits per heavy atom. The van der Waals surface area contributed by atoms with Crippen LogP contribution in [0.5, 0.6) is 0 Å². The van der Waals surface area contributed by atoms with Gasteiger partial charge in [-0.25, -0.2) is 8.78 Å². The van der Waals surface area contributed by atoms with Crippen molar-refractivity contribution < 1.29 is 8.78 Å². The maximum atomic E-state index is 12.2.